The van der Waals surface area contributed by atoms with E-state index in [9.17, 15) is 9.59 Å². The van der Waals surface area contributed by atoms with E-state index < -0.39 is 5.91 Å². The molecule has 0 saturated heterocycles. The van der Waals surface area contributed by atoms with E-state index in [2.05, 4.69) is 10.6 Å². The molecule has 0 aromatic heterocycles. The second-order valence-corrected chi connectivity index (χ2v) is 6.54. The molecule has 0 unspecified atom stereocenters. The van der Waals surface area contributed by atoms with E-state index in [1.54, 1.807) is 0 Å². The van der Waals surface area contributed by atoms with Crippen LogP contribution in [0.2, 0.25) is 15.1 Å². The number of nitrogens with one attached hydrogen (secondary N) is 2. The van der Waals surface area contributed by atoms with Crippen LogP contribution in [0.25, 0.3) is 0 Å². The van der Waals surface area contributed by atoms with Crippen molar-refractivity contribution >= 4 is 52.3 Å². The standard InChI is InChI=1S/C18H17Cl3N2O3/c1-2-11-5-3-4-6-15(11)23-17(24)9-22-18(25)10-26-16-8-13(20)12(19)7-14(16)21/h3-8H,2,9-10H2,1H3,(H,22,25)(H,23,24). The molecule has 0 atom stereocenters. The Bertz CT molecular complexity index is 812. The Balaban J connectivity index is 1.81. The van der Waals surface area contributed by atoms with Crippen LogP contribution in [0.1, 0.15) is 12.5 Å². The Morgan fingerprint density at radius 2 is 1.69 bits per heavy atom. The number of carbonyl (C=O) groups is 2. The summed E-state index contributed by atoms with van der Waals surface area (Å²) in [7, 11) is 0. The van der Waals surface area contributed by atoms with Gasteiger partial charge in [0.25, 0.3) is 5.91 Å². The Kier molecular flexibility index (Phi) is 7.57. The first-order chi connectivity index (χ1) is 12.4. The molecule has 0 spiro atoms. The normalized spacial score (nSPS) is 10.3. The monoisotopic (exact) mass is 414 g/mol. The van der Waals surface area contributed by atoms with Gasteiger partial charge in [-0.25, -0.2) is 0 Å². The van der Waals surface area contributed by atoms with Gasteiger partial charge in [-0.3, -0.25) is 9.59 Å². The third-order valence-corrected chi connectivity index (χ3v) is 4.47. The second-order valence-electron chi connectivity index (χ2n) is 5.32. The minimum Gasteiger partial charge on any atom is -0.482 e. The minimum atomic E-state index is -0.467. The number of anilines is 1. The summed E-state index contributed by atoms with van der Waals surface area (Å²) in [6.07, 6.45) is 0.793. The van der Waals surface area contributed by atoms with Gasteiger partial charge in [-0.05, 0) is 24.1 Å². The molecule has 0 bridgehead atoms. The second kappa shape index (κ2) is 9.67. The third kappa shape index (κ3) is 5.80. The lowest BCUT2D eigenvalue weighted by molar-refractivity contribution is -0.125. The summed E-state index contributed by atoms with van der Waals surface area (Å²) in [6, 6.07) is 10.3. The molecule has 0 saturated carbocycles. The van der Waals surface area contributed by atoms with Gasteiger partial charge in [0.2, 0.25) is 5.91 Å². The highest BCUT2D eigenvalue weighted by molar-refractivity contribution is 6.43. The first kappa shape index (κ1) is 20.4. The first-order valence-electron chi connectivity index (χ1n) is 7.82. The zero-order valence-electron chi connectivity index (χ0n) is 13.9. The predicted molar refractivity (Wildman–Crippen MR) is 104 cm³/mol. The van der Waals surface area contributed by atoms with Crippen LogP contribution in [-0.4, -0.2) is 25.0 Å². The number of amides is 2. The average molecular weight is 416 g/mol. The van der Waals surface area contributed by atoms with Gasteiger partial charge in [0.05, 0.1) is 21.6 Å². The summed E-state index contributed by atoms with van der Waals surface area (Å²) < 4.78 is 5.30. The molecule has 138 valence electrons. The Labute approximate surface area is 166 Å². The lowest BCUT2D eigenvalue weighted by Crippen LogP contribution is -2.35. The molecule has 5 nitrogen and oxygen atoms in total. The molecule has 26 heavy (non-hydrogen) atoms. The van der Waals surface area contributed by atoms with Crippen molar-refractivity contribution in [2.75, 3.05) is 18.5 Å². The third-order valence-electron chi connectivity index (χ3n) is 3.45. The van der Waals surface area contributed by atoms with E-state index in [4.69, 9.17) is 39.5 Å². The lowest BCUT2D eigenvalue weighted by atomic mass is 10.1. The van der Waals surface area contributed by atoms with Gasteiger partial charge in [-0.2, -0.15) is 0 Å². The fourth-order valence-corrected chi connectivity index (χ4v) is 2.72. The summed E-state index contributed by atoms with van der Waals surface area (Å²) >= 11 is 17.7. The quantitative estimate of drug-likeness (QED) is 0.661. The van der Waals surface area contributed by atoms with E-state index in [1.165, 1.54) is 12.1 Å². The minimum absolute atomic E-state index is 0.171. The van der Waals surface area contributed by atoms with Gasteiger partial charge in [0, 0.05) is 11.8 Å². The van der Waals surface area contributed by atoms with Gasteiger partial charge >= 0.3 is 0 Å². The Morgan fingerprint density at radius 1 is 1.00 bits per heavy atom. The molecular formula is C18H17Cl3N2O3. The Hall–Kier alpha value is -1.95. The van der Waals surface area contributed by atoms with Gasteiger partial charge in [0.1, 0.15) is 5.75 Å². The molecule has 2 aromatic carbocycles. The number of benzene rings is 2. The maximum Gasteiger partial charge on any atom is 0.258 e. The lowest BCUT2D eigenvalue weighted by Gasteiger charge is -2.11. The van der Waals surface area contributed by atoms with Crippen LogP contribution in [0.5, 0.6) is 5.75 Å². The van der Waals surface area contributed by atoms with Crippen LogP contribution in [0, 0.1) is 0 Å². The van der Waals surface area contributed by atoms with Crippen LogP contribution < -0.4 is 15.4 Å². The van der Waals surface area contributed by atoms with Crippen LogP contribution in [0.15, 0.2) is 36.4 Å². The molecule has 0 aliphatic heterocycles. The van der Waals surface area contributed by atoms with Crippen molar-refractivity contribution in [3.8, 4) is 5.75 Å². The van der Waals surface area contributed by atoms with Crippen molar-refractivity contribution in [2.24, 2.45) is 0 Å². The number of aryl methyl sites for hydroxylation is 1. The van der Waals surface area contributed by atoms with Gasteiger partial charge < -0.3 is 15.4 Å². The molecule has 0 aliphatic rings. The van der Waals surface area contributed by atoms with Crippen LogP contribution in [-0.2, 0) is 16.0 Å². The number of carbonyl (C=O) groups excluding carboxylic acids is 2. The summed E-state index contributed by atoms with van der Waals surface area (Å²) in [5, 5.41) is 6.03. The number of halogens is 3. The number of para-hydroxylation sites is 1. The molecule has 2 amide bonds. The highest BCUT2D eigenvalue weighted by atomic mass is 35.5. The van der Waals surface area contributed by atoms with Crippen molar-refractivity contribution < 1.29 is 14.3 Å². The molecular weight excluding hydrogens is 399 g/mol. The smallest absolute Gasteiger partial charge is 0.258 e. The molecule has 0 heterocycles. The molecule has 0 fully saturated rings. The average Bonchev–Trinajstić information content (AvgIpc) is 2.62. The highest BCUT2D eigenvalue weighted by Crippen LogP contribution is 2.33. The van der Waals surface area contributed by atoms with Crippen LogP contribution in [0.3, 0.4) is 0 Å². The van der Waals surface area contributed by atoms with Crippen molar-refractivity contribution in [1.82, 2.24) is 5.32 Å². The first-order valence-corrected chi connectivity index (χ1v) is 8.96. The SMILES string of the molecule is CCc1ccccc1NC(=O)CNC(=O)COc1cc(Cl)c(Cl)cc1Cl. The van der Waals surface area contributed by atoms with E-state index in [-0.39, 0.29) is 39.9 Å². The van der Waals surface area contributed by atoms with Crippen LogP contribution in [0.4, 0.5) is 5.69 Å². The van der Waals surface area contributed by atoms with Crippen molar-refractivity contribution in [1.29, 1.82) is 0 Å². The largest absolute Gasteiger partial charge is 0.482 e. The van der Waals surface area contributed by atoms with Gasteiger partial charge in [0.15, 0.2) is 6.61 Å². The van der Waals surface area contributed by atoms with Crippen molar-refractivity contribution in [2.45, 2.75) is 13.3 Å². The van der Waals surface area contributed by atoms with Crippen LogP contribution >= 0.6 is 34.8 Å². The maximum atomic E-state index is 12.0. The van der Waals surface area contributed by atoms with Crippen molar-refractivity contribution in [3.05, 3.63) is 57.0 Å². The van der Waals surface area contributed by atoms with E-state index >= 15 is 0 Å². The number of hydrogen-bond donors (Lipinski definition) is 2. The topological polar surface area (TPSA) is 67.4 Å². The van der Waals surface area contributed by atoms with Gasteiger partial charge in [-0.1, -0.05) is 59.9 Å². The number of rotatable bonds is 7. The van der Waals surface area contributed by atoms with Crippen molar-refractivity contribution in [3.63, 3.8) is 0 Å². The van der Waals surface area contributed by atoms with E-state index in [0.717, 1.165) is 17.7 Å². The zero-order chi connectivity index (χ0) is 19.1. The molecule has 2 aromatic rings. The summed E-state index contributed by atoms with van der Waals surface area (Å²) in [5.74, 6) is -0.560. The Morgan fingerprint density at radius 3 is 2.42 bits per heavy atom. The molecule has 0 radical (unpaired) electrons. The molecule has 2 N–H and O–H groups in total. The van der Waals surface area contributed by atoms with Gasteiger partial charge in [-0.15, -0.1) is 0 Å². The summed E-state index contributed by atoms with van der Waals surface area (Å²) in [5.41, 5.74) is 1.75. The molecule has 8 heteroatoms. The number of ether oxygens (including phenoxy) is 1. The van der Waals surface area contributed by atoms with E-state index in [0.29, 0.717) is 0 Å². The zero-order valence-corrected chi connectivity index (χ0v) is 16.2. The van der Waals surface area contributed by atoms with E-state index in [1.807, 2.05) is 31.2 Å². The fraction of sp³-hybridized carbons (Fsp3) is 0.222. The summed E-state index contributed by atoms with van der Waals surface area (Å²) in [6.45, 7) is 1.52. The number of hydrogen-bond acceptors (Lipinski definition) is 3. The predicted octanol–water partition coefficient (Wildman–Crippen LogP) is 4.34. The highest BCUT2D eigenvalue weighted by Gasteiger charge is 2.11. The summed E-state index contributed by atoms with van der Waals surface area (Å²) in [4.78, 5) is 23.8. The molecule has 0 aliphatic carbocycles. The fourth-order valence-electron chi connectivity index (χ4n) is 2.13. The maximum absolute atomic E-state index is 12.0. The molecule has 2 rings (SSSR count).